The van der Waals surface area contributed by atoms with Crippen LogP contribution in [0.15, 0.2) is 53.4 Å². The van der Waals surface area contributed by atoms with E-state index in [2.05, 4.69) is 5.32 Å². The van der Waals surface area contributed by atoms with Gasteiger partial charge in [0.05, 0.1) is 18.0 Å². The Morgan fingerprint density at radius 3 is 2.19 bits per heavy atom. The third kappa shape index (κ3) is 5.59. The lowest BCUT2D eigenvalue weighted by atomic mass is 10.0. The van der Waals surface area contributed by atoms with Crippen molar-refractivity contribution in [3.63, 3.8) is 0 Å². The van der Waals surface area contributed by atoms with Crippen LogP contribution in [0.4, 0.5) is 0 Å². The van der Waals surface area contributed by atoms with Gasteiger partial charge in [-0.25, -0.2) is 8.42 Å². The molecule has 0 fully saturated rings. The molecule has 1 N–H and O–H groups in total. The van der Waals surface area contributed by atoms with Crippen molar-refractivity contribution in [2.24, 2.45) is 0 Å². The number of methoxy groups -OCH3 is 1. The quantitative estimate of drug-likeness (QED) is 0.768. The summed E-state index contributed by atoms with van der Waals surface area (Å²) < 4.78 is 28.2. The molecule has 0 aliphatic heterocycles. The predicted molar refractivity (Wildman–Crippen MR) is 102 cm³/mol. The molecule has 5 nitrogen and oxygen atoms in total. The maximum Gasteiger partial charge on any atom is 0.220 e. The second-order valence-electron chi connectivity index (χ2n) is 6.22. The van der Waals surface area contributed by atoms with Gasteiger partial charge in [0.25, 0.3) is 0 Å². The van der Waals surface area contributed by atoms with Gasteiger partial charge in [-0.15, -0.1) is 0 Å². The van der Waals surface area contributed by atoms with Crippen molar-refractivity contribution in [1.82, 2.24) is 5.32 Å². The molecule has 0 aliphatic rings. The Balaban J connectivity index is 1.94. The lowest BCUT2D eigenvalue weighted by molar-refractivity contribution is -0.121. The van der Waals surface area contributed by atoms with Crippen molar-refractivity contribution in [3.8, 4) is 5.75 Å². The number of benzene rings is 2. The smallest absolute Gasteiger partial charge is 0.220 e. The lowest BCUT2D eigenvalue weighted by Crippen LogP contribution is -2.28. The van der Waals surface area contributed by atoms with E-state index in [-0.39, 0.29) is 16.8 Å². The van der Waals surface area contributed by atoms with Gasteiger partial charge in [-0.05, 0) is 48.2 Å². The number of carbonyl (C=O) groups excluding carboxylic acids is 1. The molecular weight excluding hydrogens is 350 g/mol. The summed E-state index contributed by atoms with van der Waals surface area (Å²) in [5.74, 6) is 0.765. The van der Waals surface area contributed by atoms with Crippen LogP contribution in [0.1, 0.15) is 36.9 Å². The van der Waals surface area contributed by atoms with Gasteiger partial charge in [0.1, 0.15) is 5.75 Å². The molecule has 2 rings (SSSR count). The molecule has 2 aromatic rings. The highest BCUT2D eigenvalue weighted by atomic mass is 32.2. The van der Waals surface area contributed by atoms with Crippen molar-refractivity contribution >= 4 is 15.7 Å². The highest BCUT2D eigenvalue weighted by molar-refractivity contribution is 7.90. The summed E-state index contributed by atoms with van der Waals surface area (Å²) in [4.78, 5) is 12.6. The monoisotopic (exact) mass is 375 g/mol. The SMILES string of the molecule is CCC(NC(=O)CCc1ccc(OC)cc1)c1ccc(S(C)(=O)=O)cc1. The maximum atomic E-state index is 12.3. The fourth-order valence-corrected chi connectivity index (χ4v) is 3.32. The first kappa shape index (κ1) is 20.0. The fraction of sp³-hybridized carbons (Fsp3) is 0.350. The van der Waals surface area contributed by atoms with Crippen LogP contribution in [0.25, 0.3) is 0 Å². The van der Waals surface area contributed by atoms with Gasteiger partial charge in [-0.1, -0.05) is 31.2 Å². The van der Waals surface area contributed by atoms with Crippen molar-refractivity contribution in [3.05, 3.63) is 59.7 Å². The van der Waals surface area contributed by atoms with Crippen LogP contribution in [0.5, 0.6) is 5.75 Å². The summed E-state index contributed by atoms with van der Waals surface area (Å²) in [5, 5.41) is 3.02. The molecular formula is C20H25NO4S. The average Bonchev–Trinajstić information content (AvgIpc) is 2.64. The Kier molecular flexibility index (Phi) is 6.80. The second kappa shape index (κ2) is 8.85. The summed E-state index contributed by atoms with van der Waals surface area (Å²) >= 11 is 0. The number of hydrogen-bond donors (Lipinski definition) is 1. The van der Waals surface area contributed by atoms with Gasteiger partial charge >= 0.3 is 0 Å². The summed E-state index contributed by atoms with van der Waals surface area (Å²) in [7, 11) is -1.59. The van der Waals surface area contributed by atoms with Crippen molar-refractivity contribution in [1.29, 1.82) is 0 Å². The molecule has 0 saturated heterocycles. The number of carbonyl (C=O) groups is 1. The molecule has 0 saturated carbocycles. The number of ether oxygens (including phenoxy) is 1. The summed E-state index contributed by atoms with van der Waals surface area (Å²) in [6.07, 6.45) is 2.95. The number of aryl methyl sites for hydroxylation is 1. The zero-order valence-electron chi connectivity index (χ0n) is 15.4. The van der Waals surface area contributed by atoms with Crippen molar-refractivity contribution < 1.29 is 17.9 Å². The molecule has 1 atom stereocenters. The molecule has 0 bridgehead atoms. The first-order valence-electron chi connectivity index (χ1n) is 8.55. The van der Waals surface area contributed by atoms with E-state index in [1.54, 1.807) is 31.4 Å². The van der Waals surface area contributed by atoms with E-state index in [1.807, 2.05) is 31.2 Å². The molecule has 1 unspecified atom stereocenters. The maximum absolute atomic E-state index is 12.3. The number of amides is 1. The molecule has 140 valence electrons. The van der Waals surface area contributed by atoms with E-state index in [4.69, 9.17) is 4.74 Å². The van der Waals surface area contributed by atoms with Gasteiger partial charge in [0.2, 0.25) is 5.91 Å². The van der Waals surface area contributed by atoms with Crippen molar-refractivity contribution in [2.45, 2.75) is 37.1 Å². The minimum Gasteiger partial charge on any atom is -0.497 e. The average molecular weight is 375 g/mol. The number of sulfone groups is 1. The van der Waals surface area contributed by atoms with Crippen LogP contribution in [-0.4, -0.2) is 27.7 Å². The largest absolute Gasteiger partial charge is 0.497 e. The van der Waals surface area contributed by atoms with Crippen molar-refractivity contribution in [2.75, 3.05) is 13.4 Å². The highest BCUT2D eigenvalue weighted by Gasteiger charge is 2.14. The highest BCUT2D eigenvalue weighted by Crippen LogP contribution is 2.20. The Hall–Kier alpha value is -2.34. The van der Waals surface area contributed by atoms with Crippen LogP contribution in [0.3, 0.4) is 0 Å². The third-order valence-electron chi connectivity index (χ3n) is 4.25. The Morgan fingerprint density at radius 2 is 1.69 bits per heavy atom. The molecule has 0 aliphatic carbocycles. The van der Waals surface area contributed by atoms with E-state index >= 15 is 0 Å². The van der Waals surface area contributed by atoms with E-state index in [1.165, 1.54) is 6.26 Å². The van der Waals surface area contributed by atoms with E-state index in [9.17, 15) is 13.2 Å². The predicted octanol–water partition coefficient (Wildman–Crippen LogP) is 3.30. The molecule has 0 aromatic heterocycles. The van der Waals surface area contributed by atoms with Gasteiger partial charge in [0.15, 0.2) is 9.84 Å². The summed E-state index contributed by atoms with van der Waals surface area (Å²) in [5.41, 5.74) is 1.98. The third-order valence-corrected chi connectivity index (χ3v) is 5.38. The van der Waals surface area contributed by atoms with Gasteiger partial charge in [-0.3, -0.25) is 4.79 Å². The minimum atomic E-state index is -3.22. The van der Waals surface area contributed by atoms with Gasteiger partial charge < -0.3 is 10.1 Å². The summed E-state index contributed by atoms with van der Waals surface area (Å²) in [6.45, 7) is 1.99. The van der Waals surface area contributed by atoms with Crippen LogP contribution in [-0.2, 0) is 21.1 Å². The summed E-state index contributed by atoms with van der Waals surface area (Å²) in [6, 6.07) is 14.2. The molecule has 1 amide bonds. The molecule has 0 radical (unpaired) electrons. The van der Waals surface area contributed by atoms with E-state index in [0.29, 0.717) is 12.8 Å². The lowest BCUT2D eigenvalue weighted by Gasteiger charge is -2.18. The standard InChI is InChI=1S/C20H25NO4S/c1-4-19(16-8-12-18(13-9-16)26(3,23)24)21-20(22)14-7-15-5-10-17(25-2)11-6-15/h5-6,8-13,19H,4,7,14H2,1-3H3,(H,21,22). The fourth-order valence-electron chi connectivity index (χ4n) is 2.68. The first-order valence-corrected chi connectivity index (χ1v) is 10.4. The number of nitrogens with one attached hydrogen (secondary N) is 1. The molecule has 6 heteroatoms. The molecule has 2 aromatic carbocycles. The molecule has 0 spiro atoms. The zero-order chi connectivity index (χ0) is 19.2. The number of rotatable bonds is 8. The topological polar surface area (TPSA) is 72.5 Å². The van der Waals surface area contributed by atoms with Gasteiger partial charge in [0, 0.05) is 12.7 Å². The van der Waals surface area contributed by atoms with Crippen LogP contribution in [0, 0.1) is 0 Å². The second-order valence-corrected chi connectivity index (χ2v) is 8.23. The van der Waals surface area contributed by atoms with E-state index < -0.39 is 9.84 Å². The van der Waals surface area contributed by atoms with E-state index in [0.717, 1.165) is 23.3 Å². The Labute approximate surface area is 155 Å². The van der Waals surface area contributed by atoms with Crippen LogP contribution < -0.4 is 10.1 Å². The number of hydrogen-bond acceptors (Lipinski definition) is 4. The van der Waals surface area contributed by atoms with Gasteiger partial charge in [-0.2, -0.15) is 0 Å². The molecule has 0 heterocycles. The Bertz CT molecular complexity index is 827. The molecule has 26 heavy (non-hydrogen) atoms. The first-order chi connectivity index (χ1) is 12.3. The zero-order valence-corrected chi connectivity index (χ0v) is 16.2. The minimum absolute atomic E-state index is 0.0279. The Morgan fingerprint density at radius 1 is 1.08 bits per heavy atom. The normalized spacial score (nSPS) is 12.4. The van der Waals surface area contributed by atoms with Crippen LogP contribution in [0.2, 0.25) is 0 Å². The van der Waals surface area contributed by atoms with Crippen LogP contribution >= 0.6 is 0 Å².